The monoisotopic (exact) mass is 234 g/mol. The van der Waals surface area contributed by atoms with E-state index in [-0.39, 0.29) is 11.9 Å². The summed E-state index contributed by atoms with van der Waals surface area (Å²) in [4.78, 5) is 11.7. The quantitative estimate of drug-likeness (QED) is 0.711. The lowest BCUT2D eigenvalue weighted by atomic mass is 10.1. The molecule has 0 heterocycles. The average Bonchev–Trinajstić information content (AvgIpc) is 2.37. The Morgan fingerprint density at radius 3 is 2.65 bits per heavy atom. The minimum atomic E-state index is -0.0449. The van der Waals surface area contributed by atoms with Crippen molar-refractivity contribution in [2.45, 2.75) is 38.6 Å². The molecular weight excluding hydrogens is 212 g/mol. The molecule has 0 bridgehead atoms. The molecule has 1 aromatic carbocycles. The largest absolute Gasteiger partial charge is 0.350 e. The summed E-state index contributed by atoms with van der Waals surface area (Å²) in [6.07, 6.45) is 4.52. The number of unbranched alkanes of at least 4 members (excludes halogenated alkanes) is 2. The van der Waals surface area contributed by atoms with Crippen molar-refractivity contribution in [3.05, 3.63) is 35.9 Å². The summed E-state index contributed by atoms with van der Waals surface area (Å²) in [5, 5.41) is 2.86. The summed E-state index contributed by atoms with van der Waals surface area (Å²) >= 11 is 0. The van der Waals surface area contributed by atoms with Gasteiger partial charge in [0.2, 0.25) is 0 Å². The van der Waals surface area contributed by atoms with Crippen LogP contribution >= 0.6 is 0 Å². The third kappa shape index (κ3) is 5.50. The van der Waals surface area contributed by atoms with E-state index in [1.807, 2.05) is 18.2 Å². The van der Waals surface area contributed by atoms with Crippen LogP contribution in [0.5, 0.6) is 0 Å². The van der Waals surface area contributed by atoms with Crippen LogP contribution in [0.15, 0.2) is 30.3 Å². The van der Waals surface area contributed by atoms with Gasteiger partial charge >= 0.3 is 0 Å². The Morgan fingerprint density at radius 1 is 1.29 bits per heavy atom. The summed E-state index contributed by atoms with van der Waals surface area (Å²) in [6.45, 7) is 2.72. The third-order valence-corrected chi connectivity index (χ3v) is 2.74. The fourth-order valence-electron chi connectivity index (χ4n) is 1.67. The zero-order valence-electron chi connectivity index (χ0n) is 10.5. The van der Waals surface area contributed by atoms with Gasteiger partial charge in [-0.3, -0.25) is 4.79 Å². The highest BCUT2D eigenvalue weighted by molar-refractivity contribution is 5.94. The van der Waals surface area contributed by atoms with Gasteiger partial charge in [-0.25, -0.2) is 0 Å². The third-order valence-electron chi connectivity index (χ3n) is 2.74. The predicted molar refractivity (Wildman–Crippen MR) is 70.9 cm³/mol. The molecule has 0 aliphatic heterocycles. The molecule has 0 fully saturated rings. The van der Waals surface area contributed by atoms with Gasteiger partial charge in [-0.05, 0) is 18.6 Å². The van der Waals surface area contributed by atoms with E-state index in [1.54, 1.807) is 12.1 Å². The normalized spacial score (nSPS) is 12.1. The van der Waals surface area contributed by atoms with Crippen LogP contribution in [0, 0.1) is 0 Å². The highest BCUT2D eigenvalue weighted by Gasteiger charge is 2.07. The van der Waals surface area contributed by atoms with Crippen molar-refractivity contribution in [1.82, 2.24) is 5.32 Å². The molecule has 0 radical (unpaired) electrons. The van der Waals surface area contributed by atoms with Gasteiger partial charge in [0.25, 0.3) is 5.91 Å². The Bertz CT molecular complexity index is 324. The number of benzene rings is 1. The smallest absolute Gasteiger partial charge is 0.251 e. The Morgan fingerprint density at radius 2 is 2.00 bits per heavy atom. The first-order chi connectivity index (χ1) is 8.24. The van der Waals surface area contributed by atoms with Crippen molar-refractivity contribution in [3.63, 3.8) is 0 Å². The van der Waals surface area contributed by atoms with Crippen LogP contribution in [-0.4, -0.2) is 18.5 Å². The summed E-state index contributed by atoms with van der Waals surface area (Å²) in [7, 11) is 0. The Labute approximate surface area is 103 Å². The maximum atomic E-state index is 11.7. The molecular formula is C14H22N2O. The lowest BCUT2D eigenvalue weighted by Gasteiger charge is -2.12. The number of amides is 1. The first kappa shape index (κ1) is 13.7. The second kappa shape index (κ2) is 7.85. The van der Waals surface area contributed by atoms with Crippen LogP contribution < -0.4 is 11.1 Å². The molecule has 1 rings (SSSR count). The lowest BCUT2D eigenvalue weighted by molar-refractivity contribution is 0.0950. The number of rotatable bonds is 7. The molecule has 3 heteroatoms. The van der Waals surface area contributed by atoms with E-state index in [0.29, 0.717) is 12.1 Å². The molecule has 17 heavy (non-hydrogen) atoms. The summed E-state index contributed by atoms with van der Waals surface area (Å²) in [6, 6.07) is 9.28. The van der Waals surface area contributed by atoms with Crippen LogP contribution in [0.25, 0.3) is 0 Å². The van der Waals surface area contributed by atoms with Gasteiger partial charge in [0.05, 0.1) is 0 Å². The number of hydrogen-bond donors (Lipinski definition) is 2. The zero-order chi connectivity index (χ0) is 12.5. The molecule has 1 aromatic rings. The molecule has 0 spiro atoms. The fourth-order valence-corrected chi connectivity index (χ4v) is 1.67. The molecule has 0 saturated carbocycles. The Balaban J connectivity index is 2.24. The van der Waals surface area contributed by atoms with E-state index in [2.05, 4.69) is 12.2 Å². The van der Waals surface area contributed by atoms with Gasteiger partial charge in [-0.15, -0.1) is 0 Å². The fraction of sp³-hybridized carbons (Fsp3) is 0.500. The molecule has 1 amide bonds. The molecule has 0 aliphatic rings. The van der Waals surface area contributed by atoms with Crippen molar-refractivity contribution in [2.75, 3.05) is 6.54 Å². The molecule has 0 saturated heterocycles. The van der Waals surface area contributed by atoms with Crippen molar-refractivity contribution in [3.8, 4) is 0 Å². The Hall–Kier alpha value is -1.35. The van der Waals surface area contributed by atoms with Crippen molar-refractivity contribution in [2.24, 2.45) is 5.73 Å². The second-order valence-corrected chi connectivity index (χ2v) is 4.33. The minimum absolute atomic E-state index is 0.0449. The highest BCUT2D eigenvalue weighted by atomic mass is 16.1. The minimum Gasteiger partial charge on any atom is -0.350 e. The number of nitrogens with two attached hydrogens (primary N) is 1. The van der Waals surface area contributed by atoms with Gasteiger partial charge in [-0.1, -0.05) is 44.4 Å². The van der Waals surface area contributed by atoms with E-state index < -0.39 is 0 Å². The topological polar surface area (TPSA) is 55.1 Å². The summed E-state index contributed by atoms with van der Waals surface area (Å²) < 4.78 is 0. The first-order valence-corrected chi connectivity index (χ1v) is 6.33. The van der Waals surface area contributed by atoms with Gasteiger partial charge in [0, 0.05) is 18.2 Å². The molecule has 1 unspecified atom stereocenters. The van der Waals surface area contributed by atoms with E-state index >= 15 is 0 Å². The van der Waals surface area contributed by atoms with Crippen LogP contribution in [-0.2, 0) is 0 Å². The summed E-state index contributed by atoms with van der Waals surface area (Å²) in [5.41, 5.74) is 6.61. The van der Waals surface area contributed by atoms with Crippen molar-refractivity contribution >= 4 is 5.91 Å². The summed E-state index contributed by atoms with van der Waals surface area (Å²) in [5.74, 6) is -0.0449. The number of carbonyl (C=O) groups is 1. The lowest BCUT2D eigenvalue weighted by Crippen LogP contribution is -2.37. The molecule has 94 valence electrons. The molecule has 3 N–H and O–H groups in total. The van der Waals surface area contributed by atoms with Crippen LogP contribution in [0.1, 0.15) is 43.0 Å². The maximum absolute atomic E-state index is 11.7. The van der Waals surface area contributed by atoms with E-state index in [0.717, 1.165) is 12.8 Å². The zero-order valence-corrected chi connectivity index (χ0v) is 10.5. The number of nitrogens with one attached hydrogen (secondary N) is 1. The molecule has 1 atom stereocenters. The van der Waals surface area contributed by atoms with E-state index in [4.69, 9.17) is 5.73 Å². The SMILES string of the molecule is CCCCCC(N)CNC(=O)c1ccccc1. The van der Waals surface area contributed by atoms with Crippen molar-refractivity contribution < 1.29 is 4.79 Å². The second-order valence-electron chi connectivity index (χ2n) is 4.33. The van der Waals surface area contributed by atoms with Crippen LogP contribution in [0.3, 0.4) is 0 Å². The maximum Gasteiger partial charge on any atom is 0.251 e. The van der Waals surface area contributed by atoms with Gasteiger partial charge in [0.1, 0.15) is 0 Å². The predicted octanol–water partition coefficient (Wildman–Crippen LogP) is 2.32. The number of carbonyl (C=O) groups excluding carboxylic acids is 1. The van der Waals surface area contributed by atoms with Gasteiger partial charge < -0.3 is 11.1 Å². The van der Waals surface area contributed by atoms with Crippen molar-refractivity contribution in [1.29, 1.82) is 0 Å². The molecule has 0 aromatic heterocycles. The molecule has 0 aliphatic carbocycles. The van der Waals surface area contributed by atoms with Gasteiger partial charge in [0.15, 0.2) is 0 Å². The Kier molecular flexibility index (Phi) is 6.33. The van der Waals surface area contributed by atoms with E-state index in [9.17, 15) is 4.79 Å². The van der Waals surface area contributed by atoms with E-state index in [1.165, 1.54) is 12.8 Å². The standard InChI is InChI=1S/C14H22N2O/c1-2-3-5-10-13(15)11-16-14(17)12-8-6-4-7-9-12/h4,6-9,13H,2-3,5,10-11,15H2,1H3,(H,16,17). The average molecular weight is 234 g/mol. The number of hydrogen-bond acceptors (Lipinski definition) is 2. The van der Waals surface area contributed by atoms with Crippen LogP contribution in [0.2, 0.25) is 0 Å². The van der Waals surface area contributed by atoms with Crippen LogP contribution in [0.4, 0.5) is 0 Å². The van der Waals surface area contributed by atoms with Gasteiger partial charge in [-0.2, -0.15) is 0 Å². The first-order valence-electron chi connectivity index (χ1n) is 6.33. The molecule has 3 nitrogen and oxygen atoms in total. The highest BCUT2D eigenvalue weighted by Crippen LogP contribution is 2.02.